The van der Waals surface area contributed by atoms with Gasteiger partial charge in [0.1, 0.15) is 5.60 Å². The molecule has 1 aliphatic rings. The van der Waals surface area contributed by atoms with E-state index in [9.17, 15) is 4.79 Å². The number of rotatable bonds is 3. The average molecular weight is 275 g/mol. The van der Waals surface area contributed by atoms with Crippen LogP contribution in [0.25, 0.3) is 0 Å². The molecule has 0 spiro atoms. The minimum atomic E-state index is -0.390. The fraction of sp³-hybridized carbons (Fsp3) is 0.588. The smallest absolute Gasteiger partial charge is 0.310 e. The van der Waals surface area contributed by atoms with Crippen molar-refractivity contribution in [2.45, 2.75) is 45.8 Å². The lowest BCUT2D eigenvalue weighted by molar-refractivity contribution is -0.162. The third-order valence-electron chi connectivity index (χ3n) is 3.49. The Kier molecular flexibility index (Phi) is 4.81. The van der Waals surface area contributed by atoms with Crippen LogP contribution in [0.5, 0.6) is 0 Å². The molecule has 20 heavy (non-hydrogen) atoms. The quantitative estimate of drug-likeness (QED) is 0.793. The molecule has 110 valence electrons. The van der Waals surface area contributed by atoms with E-state index in [4.69, 9.17) is 4.74 Å². The van der Waals surface area contributed by atoms with E-state index < -0.39 is 5.60 Å². The highest BCUT2D eigenvalue weighted by atomic mass is 16.6. The van der Waals surface area contributed by atoms with Crippen LogP contribution in [0.4, 0.5) is 0 Å². The third kappa shape index (κ3) is 4.64. The zero-order valence-corrected chi connectivity index (χ0v) is 12.8. The molecule has 1 fully saturated rings. The van der Waals surface area contributed by atoms with Crippen molar-refractivity contribution in [3.8, 4) is 0 Å². The number of hydrogen-bond donors (Lipinski definition) is 0. The Bertz CT molecular complexity index is 436. The van der Waals surface area contributed by atoms with Gasteiger partial charge in [-0.15, -0.1) is 0 Å². The fourth-order valence-corrected chi connectivity index (χ4v) is 2.62. The molecule has 2 rings (SSSR count). The van der Waals surface area contributed by atoms with Gasteiger partial charge in [0.15, 0.2) is 0 Å². The van der Waals surface area contributed by atoms with Gasteiger partial charge in [-0.05, 0) is 45.7 Å². The van der Waals surface area contributed by atoms with Gasteiger partial charge in [-0.1, -0.05) is 30.3 Å². The van der Waals surface area contributed by atoms with E-state index in [1.807, 2.05) is 26.8 Å². The number of ether oxygens (including phenoxy) is 1. The maximum Gasteiger partial charge on any atom is 0.310 e. The molecule has 0 N–H and O–H groups in total. The number of carbonyl (C=O) groups is 1. The molecule has 1 heterocycles. The lowest BCUT2D eigenvalue weighted by Crippen LogP contribution is -2.40. The third-order valence-corrected chi connectivity index (χ3v) is 3.49. The zero-order chi connectivity index (χ0) is 14.6. The highest BCUT2D eigenvalue weighted by molar-refractivity contribution is 5.73. The van der Waals surface area contributed by atoms with Crippen LogP contribution in [0.2, 0.25) is 0 Å². The van der Waals surface area contributed by atoms with Gasteiger partial charge in [-0.3, -0.25) is 9.69 Å². The van der Waals surface area contributed by atoms with E-state index in [2.05, 4.69) is 29.2 Å². The second-order valence-electron chi connectivity index (χ2n) is 6.59. The summed E-state index contributed by atoms with van der Waals surface area (Å²) in [6, 6.07) is 10.4. The highest BCUT2D eigenvalue weighted by Crippen LogP contribution is 2.22. The molecule has 3 heteroatoms. The molecular weight excluding hydrogens is 250 g/mol. The number of piperidine rings is 1. The number of benzene rings is 1. The lowest BCUT2D eigenvalue weighted by Gasteiger charge is -2.33. The first-order valence-corrected chi connectivity index (χ1v) is 7.43. The first kappa shape index (κ1) is 15.0. The molecule has 1 atom stereocenters. The Morgan fingerprint density at radius 3 is 2.65 bits per heavy atom. The lowest BCUT2D eigenvalue weighted by atomic mass is 9.97. The monoisotopic (exact) mass is 275 g/mol. The summed E-state index contributed by atoms with van der Waals surface area (Å²) in [4.78, 5) is 14.5. The van der Waals surface area contributed by atoms with Crippen LogP contribution in [0.3, 0.4) is 0 Å². The first-order chi connectivity index (χ1) is 9.44. The molecule has 1 aliphatic heterocycles. The van der Waals surface area contributed by atoms with Crippen molar-refractivity contribution in [3.05, 3.63) is 35.9 Å². The van der Waals surface area contributed by atoms with Crippen molar-refractivity contribution in [3.63, 3.8) is 0 Å². The van der Waals surface area contributed by atoms with Crippen LogP contribution in [-0.2, 0) is 16.1 Å². The highest BCUT2D eigenvalue weighted by Gasteiger charge is 2.29. The van der Waals surface area contributed by atoms with E-state index in [1.165, 1.54) is 5.56 Å². The van der Waals surface area contributed by atoms with Crippen LogP contribution < -0.4 is 0 Å². The molecule has 1 unspecified atom stereocenters. The van der Waals surface area contributed by atoms with Gasteiger partial charge in [-0.2, -0.15) is 0 Å². The SMILES string of the molecule is CC(C)(C)OC(=O)C1CCCN(Cc2ccccc2)C1. The summed E-state index contributed by atoms with van der Waals surface area (Å²) in [7, 11) is 0. The average Bonchev–Trinajstić information content (AvgIpc) is 2.38. The van der Waals surface area contributed by atoms with Crippen LogP contribution in [0, 0.1) is 5.92 Å². The Balaban J connectivity index is 1.90. The predicted molar refractivity (Wildman–Crippen MR) is 80.3 cm³/mol. The Hall–Kier alpha value is -1.35. The van der Waals surface area contributed by atoms with Gasteiger partial charge in [0.25, 0.3) is 0 Å². The zero-order valence-electron chi connectivity index (χ0n) is 12.8. The number of hydrogen-bond acceptors (Lipinski definition) is 3. The predicted octanol–water partition coefficient (Wildman–Crippen LogP) is 3.24. The van der Waals surface area contributed by atoms with Gasteiger partial charge in [0, 0.05) is 13.1 Å². The van der Waals surface area contributed by atoms with E-state index in [0.717, 1.165) is 32.5 Å². The standard InChI is InChI=1S/C17H25NO2/c1-17(2,3)20-16(19)15-10-7-11-18(13-15)12-14-8-5-4-6-9-14/h4-6,8-9,15H,7,10-13H2,1-3H3. The van der Waals surface area contributed by atoms with Crippen LogP contribution in [-0.4, -0.2) is 29.6 Å². The molecule has 1 saturated heterocycles. The molecule has 0 aromatic heterocycles. The van der Waals surface area contributed by atoms with E-state index >= 15 is 0 Å². The summed E-state index contributed by atoms with van der Waals surface area (Å²) in [6.07, 6.45) is 2.01. The van der Waals surface area contributed by atoms with Gasteiger partial charge in [0.05, 0.1) is 5.92 Å². The van der Waals surface area contributed by atoms with Crippen molar-refractivity contribution in [1.82, 2.24) is 4.90 Å². The Morgan fingerprint density at radius 2 is 2.00 bits per heavy atom. The molecule has 3 nitrogen and oxygen atoms in total. The first-order valence-electron chi connectivity index (χ1n) is 7.43. The summed E-state index contributed by atoms with van der Waals surface area (Å²) in [5.74, 6) is -0.0260. The van der Waals surface area contributed by atoms with Crippen LogP contribution >= 0.6 is 0 Å². The van der Waals surface area contributed by atoms with E-state index in [0.29, 0.717) is 0 Å². The van der Waals surface area contributed by atoms with E-state index in [-0.39, 0.29) is 11.9 Å². The Morgan fingerprint density at radius 1 is 1.30 bits per heavy atom. The molecular formula is C17H25NO2. The number of carbonyl (C=O) groups excluding carboxylic acids is 1. The van der Waals surface area contributed by atoms with Gasteiger partial charge < -0.3 is 4.74 Å². The summed E-state index contributed by atoms with van der Waals surface area (Å²) < 4.78 is 5.51. The topological polar surface area (TPSA) is 29.5 Å². The van der Waals surface area contributed by atoms with Gasteiger partial charge in [0.2, 0.25) is 0 Å². The normalized spacial score (nSPS) is 20.6. The van der Waals surface area contributed by atoms with Crippen LogP contribution in [0.15, 0.2) is 30.3 Å². The van der Waals surface area contributed by atoms with Crippen molar-refractivity contribution < 1.29 is 9.53 Å². The van der Waals surface area contributed by atoms with Crippen molar-refractivity contribution in [2.75, 3.05) is 13.1 Å². The number of likely N-dealkylation sites (tertiary alicyclic amines) is 1. The van der Waals surface area contributed by atoms with Gasteiger partial charge >= 0.3 is 5.97 Å². The molecule has 0 aliphatic carbocycles. The van der Waals surface area contributed by atoms with Crippen molar-refractivity contribution in [2.24, 2.45) is 5.92 Å². The van der Waals surface area contributed by atoms with Gasteiger partial charge in [-0.25, -0.2) is 0 Å². The van der Waals surface area contributed by atoms with E-state index in [1.54, 1.807) is 0 Å². The summed E-state index contributed by atoms with van der Waals surface area (Å²) in [6.45, 7) is 8.57. The second kappa shape index (κ2) is 6.40. The molecule has 0 radical (unpaired) electrons. The maximum atomic E-state index is 12.2. The molecule has 1 aromatic carbocycles. The van der Waals surface area contributed by atoms with Crippen molar-refractivity contribution >= 4 is 5.97 Å². The second-order valence-corrected chi connectivity index (χ2v) is 6.59. The number of esters is 1. The minimum Gasteiger partial charge on any atom is -0.460 e. The number of nitrogens with zero attached hydrogens (tertiary/aromatic N) is 1. The van der Waals surface area contributed by atoms with Crippen LogP contribution in [0.1, 0.15) is 39.2 Å². The summed E-state index contributed by atoms with van der Waals surface area (Å²) in [5, 5.41) is 0. The largest absolute Gasteiger partial charge is 0.460 e. The summed E-state index contributed by atoms with van der Waals surface area (Å²) >= 11 is 0. The summed E-state index contributed by atoms with van der Waals surface area (Å²) in [5.41, 5.74) is 0.913. The van der Waals surface area contributed by atoms with Crippen molar-refractivity contribution in [1.29, 1.82) is 0 Å². The fourth-order valence-electron chi connectivity index (χ4n) is 2.62. The molecule has 1 aromatic rings. The maximum absolute atomic E-state index is 12.2. The molecule has 0 saturated carbocycles. The Labute approximate surface area is 121 Å². The molecule has 0 amide bonds. The molecule has 0 bridgehead atoms. The minimum absolute atomic E-state index is 0.0201.